The zero-order chi connectivity index (χ0) is 20.9. The fourth-order valence-corrected chi connectivity index (χ4v) is 3.52. The van der Waals surface area contributed by atoms with Crippen molar-refractivity contribution in [2.45, 2.75) is 25.5 Å². The van der Waals surface area contributed by atoms with Crippen molar-refractivity contribution in [2.75, 3.05) is 18.8 Å². The van der Waals surface area contributed by atoms with E-state index in [2.05, 4.69) is 21.0 Å². The zero-order valence-corrected chi connectivity index (χ0v) is 16.4. The molecule has 0 aliphatic carbocycles. The first kappa shape index (κ1) is 19.5. The Hall–Kier alpha value is -3.86. The number of carbonyl (C=O) groups excluding carboxylic acids is 1. The Labute approximate surface area is 174 Å². The van der Waals surface area contributed by atoms with Gasteiger partial charge in [-0.15, -0.1) is 6.42 Å². The molecule has 1 aliphatic rings. The van der Waals surface area contributed by atoms with Gasteiger partial charge in [-0.25, -0.2) is 9.97 Å². The van der Waals surface area contributed by atoms with Crippen molar-refractivity contribution in [3.8, 4) is 29.4 Å². The molecule has 8 heteroatoms. The summed E-state index contributed by atoms with van der Waals surface area (Å²) in [6.07, 6.45) is 11.5. The minimum atomic E-state index is -0.286. The van der Waals surface area contributed by atoms with Crippen LogP contribution in [0.15, 0.2) is 49.1 Å². The van der Waals surface area contributed by atoms with E-state index in [9.17, 15) is 4.79 Å². The molecule has 0 radical (unpaired) electrons. The molecule has 0 atom stereocenters. The lowest BCUT2D eigenvalue weighted by atomic mass is 10.1. The number of terminal acetylenes is 1. The van der Waals surface area contributed by atoms with Crippen molar-refractivity contribution >= 4 is 11.7 Å². The molecule has 152 valence electrons. The number of nitrogen functional groups attached to an aromatic ring is 1. The molecule has 1 fully saturated rings. The Morgan fingerprint density at radius 3 is 2.73 bits per heavy atom. The van der Waals surface area contributed by atoms with E-state index >= 15 is 0 Å². The smallest absolute Gasteiger partial charge is 0.298 e. The summed E-state index contributed by atoms with van der Waals surface area (Å²) in [5.74, 6) is 2.62. The molecular formula is C22H22N6O2. The van der Waals surface area contributed by atoms with Crippen LogP contribution in [-0.2, 0) is 11.3 Å². The summed E-state index contributed by atoms with van der Waals surface area (Å²) in [5.41, 5.74) is 8.72. The third kappa shape index (κ3) is 4.25. The summed E-state index contributed by atoms with van der Waals surface area (Å²) in [5, 5.41) is 4.44. The van der Waals surface area contributed by atoms with Crippen LogP contribution in [0.2, 0.25) is 0 Å². The maximum atomic E-state index is 11.7. The molecule has 0 unspecified atom stereocenters. The van der Waals surface area contributed by atoms with Crippen LogP contribution in [0, 0.1) is 12.3 Å². The molecule has 1 aliphatic heterocycles. The maximum absolute atomic E-state index is 11.7. The van der Waals surface area contributed by atoms with Gasteiger partial charge in [0.1, 0.15) is 18.2 Å². The number of nitrogens with zero attached hydrogens (tertiary/aromatic N) is 5. The molecular weight excluding hydrogens is 380 g/mol. The predicted molar refractivity (Wildman–Crippen MR) is 112 cm³/mol. The highest BCUT2D eigenvalue weighted by Crippen LogP contribution is 2.33. The van der Waals surface area contributed by atoms with Gasteiger partial charge in [-0.1, -0.05) is 30.3 Å². The number of benzene rings is 1. The summed E-state index contributed by atoms with van der Waals surface area (Å²) < 4.78 is 7.99. The standard InChI is InChI=1S/C22H22N6O2/c1-2-19(29)27-10-8-18(9-11-27)30-22-20(21(23)24-15-25-22)17-12-26-28(14-17)13-16-6-4-3-5-7-16/h1,3-7,12,14-15,18H,8-11,13H2,(H2,23,24,25). The topological polar surface area (TPSA) is 99.2 Å². The number of likely N-dealkylation sites (tertiary alicyclic amines) is 1. The lowest BCUT2D eigenvalue weighted by molar-refractivity contribution is -0.126. The Morgan fingerprint density at radius 1 is 1.23 bits per heavy atom. The number of hydrogen-bond acceptors (Lipinski definition) is 6. The first-order chi connectivity index (χ1) is 14.6. The van der Waals surface area contributed by atoms with E-state index in [-0.39, 0.29) is 12.0 Å². The molecule has 1 aromatic carbocycles. The maximum Gasteiger partial charge on any atom is 0.298 e. The molecule has 1 saturated heterocycles. The van der Waals surface area contributed by atoms with Crippen LogP contribution in [-0.4, -0.2) is 49.7 Å². The van der Waals surface area contributed by atoms with E-state index in [0.29, 0.717) is 49.7 Å². The fraction of sp³-hybridized carbons (Fsp3) is 0.273. The minimum absolute atomic E-state index is 0.0840. The van der Waals surface area contributed by atoms with Gasteiger partial charge in [-0.05, 0) is 11.5 Å². The van der Waals surface area contributed by atoms with Gasteiger partial charge in [0.05, 0.1) is 18.3 Å². The third-order valence-corrected chi connectivity index (χ3v) is 5.08. The minimum Gasteiger partial charge on any atom is -0.474 e. The molecule has 4 rings (SSSR count). The molecule has 3 aromatic rings. The second-order valence-corrected chi connectivity index (χ2v) is 7.10. The van der Waals surface area contributed by atoms with Crippen molar-refractivity contribution in [2.24, 2.45) is 0 Å². The first-order valence-corrected chi connectivity index (χ1v) is 9.73. The zero-order valence-electron chi connectivity index (χ0n) is 16.4. The average molecular weight is 402 g/mol. The summed E-state index contributed by atoms with van der Waals surface area (Å²) in [4.78, 5) is 21.7. The molecule has 2 aromatic heterocycles. The second kappa shape index (κ2) is 8.66. The van der Waals surface area contributed by atoms with Crippen LogP contribution in [0.5, 0.6) is 5.88 Å². The number of rotatable bonds is 5. The van der Waals surface area contributed by atoms with Gasteiger partial charge in [-0.3, -0.25) is 9.48 Å². The Bertz CT molecular complexity index is 1060. The molecule has 2 N–H and O–H groups in total. The molecule has 0 spiro atoms. The van der Waals surface area contributed by atoms with E-state index in [0.717, 1.165) is 11.1 Å². The van der Waals surface area contributed by atoms with Gasteiger partial charge >= 0.3 is 0 Å². The third-order valence-electron chi connectivity index (χ3n) is 5.08. The lowest BCUT2D eigenvalue weighted by Gasteiger charge is -2.31. The van der Waals surface area contributed by atoms with Gasteiger partial charge in [0.15, 0.2) is 0 Å². The normalized spacial score (nSPS) is 14.3. The van der Waals surface area contributed by atoms with E-state index in [1.54, 1.807) is 11.1 Å². The molecule has 3 heterocycles. The molecule has 0 bridgehead atoms. The number of carbonyl (C=O) groups is 1. The number of nitrogens with two attached hydrogens (primary N) is 1. The number of amides is 1. The fourth-order valence-electron chi connectivity index (χ4n) is 3.52. The summed E-state index contributed by atoms with van der Waals surface area (Å²) in [6, 6.07) is 10.1. The van der Waals surface area contributed by atoms with Crippen molar-refractivity contribution in [1.82, 2.24) is 24.6 Å². The Morgan fingerprint density at radius 2 is 2.00 bits per heavy atom. The second-order valence-electron chi connectivity index (χ2n) is 7.10. The van der Waals surface area contributed by atoms with Crippen molar-refractivity contribution < 1.29 is 9.53 Å². The molecule has 1 amide bonds. The molecule has 0 saturated carbocycles. The largest absolute Gasteiger partial charge is 0.474 e. The number of piperidine rings is 1. The number of aromatic nitrogens is 4. The van der Waals surface area contributed by atoms with Gasteiger partial charge in [-0.2, -0.15) is 5.10 Å². The van der Waals surface area contributed by atoms with Gasteiger partial charge in [0, 0.05) is 37.7 Å². The molecule has 30 heavy (non-hydrogen) atoms. The van der Waals surface area contributed by atoms with Crippen LogP contribution in [0.4, 0.5) is 5.82 Å². The van der Waals surface area contributed by atoms with E-state index in [1.165, 1.54) is 6.33 Å². The Balaban J connectivity index is 1.50. The van der Waals surface area contributed by atoms with Crippen LogP contribution < -0.4 is 10.5 Å². The Kier molecular flexibility index (Phi) is 5.61. The highest BCUT2D eigenvalue weighted by molar-refractivity contribution is 5.92. The van der Waals surface area contributed by atoms with E-state index < -0.39 is 0 Å². The number of hydrogen-bond donors (Lipinski definition) is 1. The number of ether oxygens (including phenoxy) is 1. The van der Waals surface area contributed by atoms with Crippen LogP contribution in [0.3, 0.4) is 0 Å². The van der Waals surface area contributed by atoms with Crippen LogP contribution in [0.25, 0.3) is 11.1 Å². The highest BCUT2D eigenvalue weighted by atomic mass is 16.5. The van der Waals surface area contributed by atoms with Gasteiger partial charge in [0.25, 0.3) is 5.91 Å². The highest BCUT2D eigenvalue weighted by Gasteiger charge is 2.25. The first-order valence-electron chi connectivity index (χ1n) is 9.73. The lowest BCUT2D eigenvalue weighted by Crippen LogP contribution is -2.41. The number of anilines is 1. The van der Waals surface area contributed by atoms with Crippen molar-refractivity contribution in [3.63, 3.8) is 0 Å². The van der Waals surface area contributed by atoms with Gasteiger partial charge < -0.3 is 15.4 Å². The quantitative estimate of drug-likeness (QED) is 0.655. The van der Waals surface area contributed by atoms with Crippen LogP contribution in [0.1, 0.15) is 18.4 Å². The predicted octanol–water partition coefficient (Wildman–Crippen LogP) is 1.97. The van der Waals surface area contributed by atoms with Crippen LogP contribution >= 0.6 is 0 Å². The molecule has 8 nitrogen and oxygen atoms in total. The summed E-state index contributed by atoms with van der Waals surface area (Å²) in [6.45, 7) is 1.75. The van der Waals surface area contributed by atoms with Crippen molar-refractivity contribution in [3.05, 3.63) is 54.6 Å². The van der Waals surface area contributed by atoms with E-state index in [1.807, 2.05) is 41.2 Å². The van der Waals surface area contributed by atoms with E-state index in [4.69, 9.17) is 16.9 Å². The summed E-state index contributed by atoms with van der Waals surface area (Å²) >= 11 is 0. The average Bonchev–Trinajstić information content (AvgIpc) is 3.22. The SMILES string of the molecule is C#CC(=O)N1CCC(Oc2ncnc(N)c2-c2cnn(Cc3ccccc3)c2)CC1. The monoisotopic (exact) mass is 402 g/mol. The van der Waals surface area contributed by atoms with Gasteiger partial charge in [0.2, 0.25) is 5.88 Å². The summed E-state index contributed by atoms with van der Waals surface area (Å²) in [7, 11) is 0. The van der Waals surface area contributed by atoms with Crippen molar-refractivity contribution in [1.29, 1.82) is 0 Å².